The van der Waals surface area contributed by atoms with Crippen LogP contribution in [0.4, 0.5) is 0 Å². The summed E-state index contributed by atoms with van der Waals surface area (Å²) in [4.78, 5) is 0. The third-order valence-electron chi connectivity index (χ3n) is 4.17. The van der Waals surface area contributed by atoms with E-state index in [1.165, 1.54) is 70.6 Å². The molecule has 0 spiro atoms. The molecule has 0 rings (SSSR count). The van der Waals surface area contributed by atoms with Gasteiger partial charge in [0, 0.05) is 6.04 Å². The summed E-state index contributed by atoms with van der Waals surface area (Å²) < 4.78 is 0. The maximum absolute atomic E-state index is 3.51. The van der Waals surface area contributed by atoms with Crippen molar-refractivity contribution in [2.24, 2.45) is 5.92 Å². The fourth-order valence-corrected chi connectivity index (χ4v) is 2.87. The highest BCUT2D eigenvalue weighted by molar-refractivity contribution is 4.71. The van der Waals surface area contributed by atoms with Gasteiger partial charge in [-0.1, -0.05) is 78.6 Å². The Balaban J connectivity index is 3.39. The lowest BCUT2D eigenvalue weighted by Gasteiger charge is -2.23. The van der Waals surface area contributed by atoms with Crippen LogP contribution in [0.25, 0.3) is 0 Å². The minimum absolute atomic E-state index is 0.741. The van der Waals surface area contributed by atoms with E-state index in [4.69, 9.17) is 0 Å². The lowest BCUT2D eigenvalue weighted by molar-refractivity contribution is 0.344. The summed E-state index contributed by atoms with van der Waals surface area (Å²) in [6.45, 7) is 6.98. The fourth-order valence-electron chi connectivity index (χ4n) is 2.87. The molecule has 18 heavy (non-hydrogen) atoms. The SMILES string of the molecule is CCCCCCCCCCC(NC)C(C)CCC. The quantitative estimate of drug-likeness (QED) is 0.426. The van der Waals surface area contributed by atoms with E-state index in [-0.39, 0.29) is 0 Å². The molecule has 0 saturated heterocycles. The molecular formula is C17H37N. The van der Waals surface area contributed by atoms with Gasteiger partial charge in [0.2, 0.25) is 0 Å². The summed E-state index contributed by atoms with van der Waals surface area (Å²) in [6, 6.07) is 0.741. The molecule has 2 atom stereocenters. The molecule has 110 valence electrons. The Morgan fingerprint density at radius 3 is 1.78 bits per heavy atom. The summed E-state index contributed by atoms with van der Waals surface area (Å²) in [5.74, 6) is 0.838. The largest absolute Gasteiger partial charge is 0.317 e. The number of hydrogen-bond donors (Lipinski definition) is 1. The van der Waals surface area contributed by atoms with Gasteiger partial charge >= 0.3 is 0 Å². The van der Waals surface area contributed by atoms with Crippen molar-refractivity contribution in [1.29, 1.82) is 0 Å². The highest BCUT2D eigenvalue weighted by atomic mass is 14.9. The minimum atomic E-state index is 0.741. The number of nitrogens with one attached hydrogen (secondary N) is 1. The van der Waals surface area contributed by atoms with Crippen LogP contribution in [0.2, 0.25) is 0 Å². The highest BCUT2D eigenvalue weighted by Gasteiger charge is 2.13. The monoisotopic (exact) mass is 255 g/mol. The zero-order valence-electron chi connectivity index (χ0n) is 13.4. The Hall–Kier alpha value is -0.0400. The molecule has 0 radical (unpaired) electrons. The third kappa shape index (κ3) is 9.94. The van der Waals surface area contributed by atoms with Gasteiger partial charge in [-0.2, -0.15) is 0 Å². The summed E-state index contributed by atoms with van der Waals surface area (Å²) in [7, 11) is 2.13. The van der Waals surface area contributed by atoms with E-state index < -0.39 is 0 Å². The van der Waals surface area contributed by atoms with Gasteiger partial charge in [0.25, 0.3) is 0 Å². The number of rotatable bonds is 13. The van der Waals surface area contributed by atoms with Crippen molar-refractivity contribution >= 4 is 0 Å². The first-order chi connectivity index (χ1) is 8.76. The fraction of sp³-hybridized carbons (Fsp3) is 1.00. The van der Waals surface area contributed by atoms with Crippen molar-refractivity contribution in [3.63, 3.8) is 0 Å². The topological polar surface area (TPSA) is 12.0 Å². The second-order valence-electron chi connectivity index (χ2n) is 5.92. The van der Waals surface area contributed by atoms with Crippen LogP contribution in [0, 0.1) is 5.92 Å². The first-order valence-corrected chi connectivity index (χ1v) is 8.43. The van der Waals surface area contributed by atoms with Gasteiger partial charge in [-0.25, -0.2) is 0 Å². The molecule has 1 N–H and O–H groups in total. The molecule has 0 aliphatic heterocycles. The van der Waals surface area contributed by atoms with Crippen molar-refractivity contribution < 1.29 is 0 Å². The Kier molecular flexibility index (Phi) is 13.4. The van der Waals surface area contributed by atoms with Crippen LogP contribution in [0.1, 0.15) is 91.4 Å². The summed E-state index contributed by atoms with van der Waals surface area (Å²) in [6.07, 6.45) is 15.5. The van der Waals surface area contributed by atoms with Crippen LogP contribution in [-0.4, -0.2) is 13.1 Å². The molecule has 0 heterocycles. The number of hydrogen-bond acceptors (Lipinski definition) is 1. The normalized spacial score (nSPS) is 14.7. The average Bonchev–Trinajstić information content (AvgIpc) is 2.37. The predicted octanol–water partition coefficient (Wildman–Crippen LogP) is 5.54. The molecule has 0 aromatic rings. The van der Waals surface area contributed by atoms with Crippen LogP contribution in [-0.2, 0) is 0 Å². The summed E-state index contributed by atoms with van der Waals surface area (Å²) in [5.41, 5.74) is 0. The van der Waals surface area contributed by atoms with Gasteiger partial charge in [0.05, 0.1) is 0 Å². The Morgan fingerprint density at radius 1 is 0.722 bits per heavy atom. The van der Waals surface area contributed by atoms with Crippen molar-refractivity contribution in [1.82, 2.24) is 5.32 Å². The molecule has 0 saturated carbocycles. The van der Waals surface area contributed by atoms with Crippen molar-refractivity contribution in [2.45, 2.75) is 97.4 Å². The molecular weight excluding hydrogens is 218 g/mol. The molecule has 0 aliphatic rings. The Bertz CT molecular complexity index is 156. The van der Waals surface area contributed by atoms with Crippen LogP contribution in [0.15, 0.2) is 0 Å². The molecule has 1 nitrogen and oxygen atoms in total. The van der Waals surface area contributed by atoms with E-state index >= 15 is 0 Å². The van der Waals surface area contributed by atoms with Gasteiger partial charge in [0.1, 0.15) is 0 Å². The molecule has 0 aliphatic carbocycles. The maximum Gasteiger partial charge on any atom is 0.00896 e. The van der Waals surface area contributed by atoms with Crippen molar-refractivity contribution in [2.75, 3.05) is 7.05 Å². The molecule has 0 aromatic heterocycles. The molecule has 0 fully saturated rings. The van der Waals surface area contributed by atoms with Gasteiger partial charge in [-0.15, -0.1) is 0 Å². The molecule has 2 unspecified atom stereocenters. The van der Waals surface area contributed by atoms with E-state index in [2.05, 4.69) is 33.1 Å². The highest BCUT2D eigenvalue weighted by Crippen LogP contribution is 2.17. The van der Waals surface area contributed by atoms with Crippen molar-refractivity contribution in [3.05, 3.63) is 0 Å². The van der Waals surface area contributed by atoms with Gasteiger partial charge in [0.15, 0.2) is 0 Å². The van der Waals surface area contributed by atoms with Crippen LogP contribution < -0.4 is 5.32 Å². The van der Waals surface area contributed by atoms with Crippen LogP contribution >= 0.6 is 0 Å². The number of unbranched alkanes of at least 4 members (excludes halogenated alkanes) is 7. The second kappa shape index (κ2) is 13.4. The first kappa shape index (κ1) is 18.0. The Labute approximate surface area is 116 Å². The van der Waals surface area contributed by atoms with E-state index in [0.29, 0.717) is 0 Å². The minimum Gasteiger partial charge on any atom is -0.317 e. The summed E-state index contributed by atoms with van der Waals surface area (Å²) in [5, 5.41) is 3.51. The zero-order valence-corrected chi connectivity index (χ0v) is 13.4. The van der Waals surface area contributed by atoms with E-state index in [1.54, 1.807) is 0 Å². The van der Waals surface area contributed by atoms with Gasteiger partial charge in [-0.05, 0) is 25.8 Å². The smallest absolute Gasteiger partial charge is 0.00896 e. The lowest BCUT2D eigenvalue weighted by atomic mass is 9.92. The molecule has 0 aromatic carbocycles. The second-order valence-corrected chi connectivity index (χ2v) is 5.92. The molecule has 1 heteroatoms. The Morgan fingerprint density at radius 2 is 1.28 bits per heavy atom. The first-order valence-electron chi connectivity index (χ1n) is 8.43. The van der Waals surface area contributed by atoms with Gasteiger partial charge in [-0.3, -0.25) is 0 Å². The third-order valence-corrected chi connectivity index (χ3v) is 4.17. The van der Waals surface area contributed by atoms with E-state index in [1.807, 2.05) is 0 Å². The standard InChI is InChI=1S/C17H37N/c1-5-7-8-9-10-11-12-13-15-17(18-4)16(3)14-6-2/h16-18H,5-15H2,1-4H3. The average molecular weight is 255 g/mol. The zero-order chi connectivity index (χ0) is 13.6. The van der Waals surface area contributed by atoms with Crippen LogP contribution in [0.5, 0.6) is 0 Å². The van der Waals surface area contributed by atoms with E-state index in [9.17, 15) is 0 Å². The molecule has 0 bridgehead atoms. The maximum atomic E-state index is 3.51. The summed E-state index contributed by atoms with van der Waals surface area (Å²) >= 11 is 0. The predicted molar refractivity (Wildman–Crippen MR) is 84.1 cm³/mol. The lowest BCUT2D eigenvalue weighted by Crippen LogP contribution is -2.31. The van der Waals surface area contributed by atoms with Crippen LogP contribution in [0.3, 0.4) is 0 Å². The molecule has 0 amide bonds. The van der Waals surface area contributed by atoms with E-state index in [0.717, 1.165) is 12.0 Å². The van der Waals surface area contributed by atoms with Gasteiger partial charge < -0.3 is 5.32 Å². The van der Waals surface area contributed by atoms with Crippen molar-refractivity contribution in [3.8, 4) is 0 Å².